The summed E-state index contributed by atoms with van der Waals surface area (Å²) < 4.78 is 0. The van der Waals surface area contributed by atoms with Gasteiger partial charge in [-0.2, -0.15) is 0 Å². The standard InChI is InChI=1S/C13H8N4O7/c18-13(9-3-1-2-4-11(9)16(21)22)14-10-6-5-8(15(19)20)7-12(10)17(23)24/h1-7H,(H,14,18). The van der Waals surface area contributed by atoms with Gasteiger partial charge < -0.3 is 5.32 Å². The second kappa shape index (κ2) is 6.48. The number of nitro benzene ring substituents is 3. The molecular formula is C13H8N4O7. The second-order valence-electron chi connectivity index (χ2n) is 4.44. The average molecular weight is 332 g/mol. The smallest absolute Gasteiger partial charge is 0.299 e. The van der Waals surface area contributed by atoms with Crippen molar-refractivity contribution in [3.63, 3.8) is 0 Å². The molecule has 11 nitrogen and oxygen atoms in total. The highest BCUT2D eigenvalue weighted by molar-refractivity contribution is 6.08. The Morgan fingerprint density at radius 3 is 2.04 bits per heavy atom. The van der Waals surface area contributed by atoms with Crippen LogP contribution in [-0.4, -0.2) is 20.7 Å². The molecule has 2 aromatic rings. The third-order valence-electron chi connectivity index (χ3n) is 2.98. The first kappa shape index (κ1) is 16.5. The second-order valence-corrected chi connectivity index (χ2v) is 4.44. The van der Waals surface area contributed by atoms with Gasteiger partial charge in [0.1, 0.15) is 11.3 Å². The summed E-state index contributed by atoms with van der Waals surface area (Å²) in [6.07, 6.45) is 0. The van der Waals surface area contributed by atoms with Crippen LogP contribution in [0, 0.1) is 30.3 Å². The van der Waals surface area contributed by atoms with Gasteiger partial charge in [0, 0.05) is 12.1 Å². The van der Waals surface area contributed by atoms with Gasteiger partial charge in [-0.05, 0) is 12.1 Å². The molecule has 2 aromatic carbocycles. The zero-order valence-electron chi connectivity index (χ0n) is 11.7. The van der Waals surface area contributed by atoms with Gasteiger partial charge in [-0.3, -0.25) is 35.1 Å². The monoisotopic (exact) mass is 332 g/mol. The quantitative estimate of drug-likeness (QED) is 0.650. The molecule has 0 saturated heterocycles. The van der Waals surface area contributed by atoms with Crippen LogP contribution in [-0.2, 0) is 0 Å². The normalized spacial score (nSPS) is 10.0. The summed E-state index contributed by atoms with van der Waals surface area (Å²) in [6, 6.07) is 7.71. The van der Waals surface area contributed by atoms with Crippen molar-refractivity contribution in [2.24, 2.45) is 0 Å². The van der Waals surface area contributed by atoms with Crippen molar-refractivity contribution in [2.45, 2.75) is 0 Å². The lowest BCUT2D eigenvalue weighted by Gasteiger charge is -2.06. The van der Waals surface area contributed by atoms with Crippen LogP contribution in [0.5, 0.6) is 0 Å². The molecule has 0 radical (unpaired) electrons. The van der Waals surface area contributed by atoms with E-state index in [4.69, 9.17) is 0 Å². The van der Waals surface area contributed by atoms with Crippen molar-refractivity contribution < 1.29 is 19.6 Å². The number of para-hydroxylation sites is 1. The van der Waals surface area contributed by atoms with Crippen molar-refractivity contribution in [2.75, 3.05) is 5.32 Å². The number of non-ortho nitro benzene ring substituents is 1. The van der Waals surface area contributed by atoms with Crippen molar-refractivity contribution >= 4 is 28.7 Å². The molecule has 0 aromatic heterocycles. The lowest BCUT2D eigenvalue weighted by Crippen LogP contribution is -2.15. The molecule has 0 heterocycles. The topological polar surface area (TPSA) is 159 Å². The molecule has 0 aliphatic rings. The first-order valence-corrected chi connectivity index (χ1v) is 6.29. The van der Waals surface area contributed by atoms with Crippen LogP contribution in [0.1, 0.15) is 10.4 Å². The van der Waals surface area contributed by atoms with Gasteiger partial charge in [-0.25, -0.2) is 0 Å². The minimum Gasteiger partial charge on any atom is -0.316 e. The molecule has 0 spiro atoms. The van der Waals surface area contributed by atoms with Crippen molar-refractivity contribution in [1.82, 2.24) is 0 Å². The number of nitrogens with one attached hydrogen (secondary N) is 1. The largest absolute Gasteiger partial charge is 0.316 e. The number of rotatable bonds is 5. The highest BCUT2D eigenvalue weighted by Crippen LogP contribution is 2.30. The van der Waals surface area contributed by atoms with Gasteiger partial charge in [0.05, 0.1) is 20.8 Å². The van der Waals surface area contributed by atoms with E-state index in [-0.39, 0.29) is 11.3 Å². The molecule has 0 fully saturated rings. The fourth-order valence-electron chi connectivity index (χ4n) is 1.90. The van der Waals surface area contributed by atoms with Crippen LogP contribution in [0.15, 0.2) is 42.5 Å². The summed E-state index contributed by atoms with van der Waals surface area (Å²) in [7, 11) is 0. The maximum atomic E-state index is 12.2. The van der Waals surface area contributed by atoms with E-state index in [0.717, 1.165) is 18.2 Å². The van der Waals surface area contributed by atoms with Crippen LogP contribution in [0.4, 0.5) is 22.7 Å². The van der Waals surface area contributed by atoms with Gasteiger partial charge in [-0.1, -0.05) is 12.1 Å². The Morgan fingerprint density at radius 1 is 0.833 bits per heavy atom. The Morgan fingerprint density at radius 2 is 1.46 bits per heavy atom. The summed E-state index contributed by atoms with van der Waals surface area (Å²) >= 11 is 0. The Bertz CT molecular complexity index is 865. The van der Waals surface area contributed by atoms with E-state index in [1.54, 1.807) is 0 Å². The van der Waals surface area contributed by atoms with Gasteiger partial charge in [0.2, 0.25) is 0 Å². The van der Waals surface area contributed by atoms with Gasteiger partial charge in [-0.15, -0.1) is 0 Å². The average Bonchev–Trinajstić information content (AvgIpc) is 2.54. The first-order valence-electron chi connectivity index (χ1n) is 6.29. The van der Waals surface area contributed by atoms with Crippen molar-refractivity contribution in [3.8, 4) is 0 Å². The minimum atomic E-state index is -0.945. The van der Waals surface area contributed by atoms with Gasteiger partial charge in [0.15, 0.2) is 0 Å². The Balaban J connectivity index is 2.41. The number of benzene rings is 2. The number of nitrogens with zero attached hydrogens (tertiary/aromatic N) is 3. The fourth-order valence-corrected chi connectivity index (χ4v) is 1.90. The maximum absolute atomic E-state index is 12.2. The predicted octanol–water partition coefficient (Wildman–Crippen LogP) is 2.66. The zero-order valence-corrected chi connectivity index (χ0v) is 11.7. The fraction of sp³-hybridized carbons (Fsp3) is 0. The summed E-state index contributed by atoms with van der Waals surface area (Å²) in [5.41, 5.74) is -2.30. The molecule has 0 unspecified atom stereocenters. The number of carbonyl (C=O) groups is 1. The summed E-state index contributed by atoms with van der Waals surface area (Å²) in [5, 5.41) is 34.8. The summed E-state index contributed by atoms with van der Waals surface area (Å²) in [4.78, 5) is 42.3. The van der Waals surface area contributed by atoms with E-state index in [0.29, 0.717) is 6.07 Å². The van der Waals surface area contributed by atoms with Crippen molar-refractivity contribution in [1.29, 1.82) is 0 Å². The number of hydrogen-bond acceptors (Lipinski definition) is 7. The molecule has 24 heavy (non-hydrogen) atoms. The molecule has 0 atom stereocenters. The van der Waals surface area contributed by atoms with Gasteiger partial charge >= 0.3 is 0 Å². The Labute approximate surface area is 133 Å². The third-order valence-corrected chi connectivity index (χ3v) is 2.98. The Hall–Kier alpha value is -3.89. The Kier molecular flexibility index (Phi) is 4.45. The highest BCUT2D eigenvalue weighted by atomic mass is 16.6. The molecule has 11 heteroatoms. The number of amides is 1. The van der Waals surface area contributed by atoms with E-state index < -0.39 is 37.7 Å². The molecule has 0 aliphatic heterocycles. The van der Waals surface area contributed by atoms with Crippen molar-refractivity contribution in [3.05, 3.63) is 78.4 Å². The molecular weight excluding hydrogens is 324 g/mol. The van der Waals surface area contributed by atoms with E-state index >= 15 is 0 Å². The predicted molar refractivity (Wildman–Crippen MR) is 80.8 cm³/mol. The SMILES string of the molecule is O=C(Nc1ccc([N+](=O)[O-])cc1[N+](=O)[O-])c1ccccc1[N+](=O)[O-]. The first-order chi connectivity index (χ1) is 11.3. The third kappa shape index (κ3) is 3.30. The van der Waals surface area contributed by atoms with Crippen LogP contribution in [0.3, 0.4) is 0 Å². The number of hydrogen-bond donors (Lipinski definition) is 1. The van der Waals surface area contributed by atoms with Gasteiger partial charge in [0.25, 0.3) is 23.0 Å². The lowest BCUT2D eigenvalue weighted by atomic mass is 10.1. The van der Waals surface area contributed by atoms with Crippen LogP contribution >= 0.6 is 0 Å². The summed E-state index contributed by atoms with van der Waals surface area (Å²) in [5.74, 6) is -0.945. The van der Waals surface area contributed by atoms with E-state index in [9.17, 15) is 35.1 Å². The number of carbonyl (C=O) groups excluding carboxylic acids is 1. The summed E-state index contributed by atoms with van der Waals surface area (Å²) in [6.45, 7) is 0. The zero-order chi connectivity index (χ0) is 17.9. The lowest BCUT2D eigenvalue weighted by molar-refractivity contribution is -0.393. The molecule has 0 saturated carbocycles. The van der Waals surface area contributed by atoms with E-state index in [1.807, 2.05) is 0 Å². The molecule has 1 N–H and O–H groups in total. The molecule has 122 valence electrons. The highest BCUT2D eigenvalue weighted by Gasteiger charge is 2.24. The molecule has 2 rings (SSSR count). The maximum Gasteiger partial charge on any atom is 0.299 e. The minimum absolute atomic E-state index is 0.296. The van der Waals surface area contributed by atoms with E-state index in [1.165, 1.54) is 18.2 Å². The molecule has 1 amide bonds. The van der Waals surface area contributed by atoms with E-state index in [2.05, 4.69) is 5.32 Å². The number of nitro groups is 3. The molecule has 0 bridgehead atoms. The molecule has 0 aliphatic carbocycles. The number of anilines is 1. The van der Waals surface area contributed by atoms with Crippen LogP contribution in [0.25, 0.3) is 0 Å². The van der Waals surface area contributed by atoms with Crippen LogP contribution in [0.2, 0.25) is 0 Å². The van der Waals surface area contributed by atoms with Crippen LogP contribution < -0.4 is 5.32 Å².